The molecule has 0 aromatic heterocycles. The van der Waals surface area contributed by atoms with Crippen molar-refractivity contribution in [1.82, 2.24) is 0 Å². The number of nitrogens with one attached hydrogen (secondary N) is 1. The molecule has 3 rings (SSSR count). The maximum Gasteiger partial charge on any atom is 0.126 e. The number of nitrogens with zero attached hydrogens (tertiary/aromatic N) is 1. The lowest BCUT2D eigenvalue weighted by molar-refractivity contribution is 0.158. The largest absolute Gasteiger partial charge is 0.370 e. The summed E-state index contributed by atoms with van der Waals surface area (Å²) in [5.74, 6) is 0. The molecule has 0 heterocycles. The first-order chi connectivity index (χ1) is 11.9. The summed E-state index contributed by atoms with van der Waals surface area (Å²) in [6.07, 6.45) is -0.246. The summed E-state index contributed by atoms with van der Waals surface area (Å²) in [5, 5.41) is 4.65. The highest BCUT2D eigenvalue weighted by atomic mass is 16.5. The minimum atomic E-state index is -0.246. The number of methoxy groups -OCH3 is 1. The highest BCUT2D eigenvalue weighted by Crippen LogP contribution is 2.23. The van der Waals surface area contributed by atoms with Crippen LogP contribution < -0.4 is 5.43 Å². The number of hydrogen-bond acceptors (Lipinski definition) is 3. The fourth-order valence-electron chi connectivity index (χ4n) is 2.55. The van der Waals surface area contributed by atoms with Gasteiger partial charge in [-0.25, -0.2) is 0 Å². The Morgan fingerprint density at radius 3 is 1.92 bits per heavy atom. The zero-order valence-electron chi connectivity index (χ0n) is 13.6. The van der Waals surface area contributed by atoms with E-state index in [-0.39, 0.29) is 6.10 Å². The molecule has 0 fully saturated rings. The third kappa shape index (κ3) is 3.89. The third-order valence-corrected chi connectivity index (χ3v) is 3.74. The van der Waals surface area contributed by atoms with E-state index in [4.69, 9.17) is 4.74 Å². The van der Waals surface area contributed by atoms with E-state index in [9.17, 15) is 0 Å². The van der Waals surface area contributed by atoms with Crippen LogP contribution in [0.3, 0.4) is 0 Å². The van der Waals surface area contributed by atoms with Crippen molar-refractivity contribution >= 4 is 11.4 Å². The molecule has 24 heavy (non-hydrogen) atoms. The van der Waals surface area contributed by atoms with Gasteiger partial charge in [-0.15, -0.1) is 0 Å². The molecule has 0 aliphatic carbocycles. The lowest BCUT2D eigenvalue weighted by Gasteiger charge is -2.19. The SMILES string of the molecule is COC(/C(=N/Nc1ccccc1)c1ccccc1)c1ccccc1. The van der Waals surface area contributed by atoms with E-state index in [1.165, 1.54) is 0 Å². The number of hydrazone groups is 1. The molecule has 1 N–H and O–H groups in total. The van der Waals surface area contributed by atoms with Crippen LogP contribution in [0.2, 0.25) is 0 Å². The molecular weight excluding hydrogens is 296 g/mol. The summed E-state index contributed by atoms with van der Waals surface area (Å²) in [5.41, 5.74) is 7.01. The van der Waals surface area contributed by atoms with Gasteiger partial charge in [0.1, 0.15) is 11.8 Å². The molecule has 0 saturated carbocycles. The van der Waals surface area contributed by atoms with Gasteiger partial charge in [-0.2, -0.15) is 5.10 Å². The van der Waals surface area contributed by atoms with Crippen LogP contribution in [0.4, 0.5) is 5.69 Å². The predicted molar refractivity (Wildman–Crippen MR) is 99.2 cm³/mol. The van der Waals surface area contributed by atoms with Crippen molar-refractivity contribution in [2.45, 2.75) is 6.10 Å². The van der Waals surface area contributed by atoms with Gasteiger partial charge in [0.15, 0.2) is 0 Å². The first-order valence-electron chi connectivity index (χ1n) is 7.90. The molecule has 1 unspecified atom stereocenters. The normalized spacial score (nSPS) is 12.6. The highest BCUT2D eigenvalue weighted by molar-refractivity contribution is 6.04. The minimum absolute atomic E-state index is 0.246. The van der Waals surface area contributed by atoms with E-state index in [1.54, 1.807) is 7.11 Å². The van der Waals surface area contributed by atoms with Crippen molar-refractivity contribution in [1.29, 1.82) is 0 Å². The van der Waals surface area contributed by atoms with Crippen LogP contribution in [0.25, 0.3) is 0 Å². The zero-order valence-corrected chi connectivity index (χ0v) is 13.6. The number of ether oxygens (including phenoxy) is 1. The molecule has 0 spiro atoms. The molecule has 3 nitrogen and oxygen atoms in total. The van der Waals surface area contributed by atoms with Crippen LogP contribution in [0.15, 0.2) is 96.1 Å². The number of rotatable bonds is 6. The van der Waals surface area contributed by atoms with Crippen LogP contribution in [0.5, 0.6) is 0 Å². The molecule has 3 aromatic carbocycles. The van der Waals surface area contributed by atoms with Crippen LogP contribution in [-0.4, -0.2) is 12.8 Å². The molecule has 120 valence electrons. The van der Waals surface area contributed by atoms with Crippen LogP contribution in [-0.2, 0) is 4.74 Å². The van der Waals surface area contributed by atoms with E-state index in [2.05, 4.69) is 22.7 Å². The Kier molecular flexibility index (Phi) is 5.38. The van der Waals surface area contributed by atoms with Gasteiger partial charge in [-0.05, 0) is 17.7 Å². The lowest BCUT2D eigenvalue weighted by Crippen LogP contribution is -2.17. The van der Waals surface area contributed by atoms with Gasteiger partial charge < -0.3 is 4.74 Å². The van der Waals surface area contributed by atoms with Gasteiger partial charge in [0.2, 0.25) is 0 Å². The molecule has 0 saturated heterocycles. The first-order valence-corrected chi connectivity index (χ1v) is 7.90. The Hall–Kier alpha value is -2.91. The standard InChI is InChI=1S/C21H20N2O/c1-24-21(18-13-7-3-8-14-18)20(17-11-5-2-6-12-17)23-22-19-15-9-4-10-16-19/h2-16,21-22H,1H3/b23-20+. The molecule has 0 amide bonds. The Morgan fingerprint density at radius 1 is 0.792 bits per heavy atom. The van der Waals surface area contributed by atoms with Gasteiger partial charge in [0.05, 0.1) is 5.69 Å². The summed E-state index contributed by atoms with van der Waals surface area (Å²) in [6.45, 7) is 0. The third-order valence-electron chi connectivity index (χ3n) is 3.74. The van der Waals surface area contributed by atoms with Crippen LogP contribution in [0.1, 0.15) is 17.2 Å². The van der Waals surface area contributed by atoms with Crippen molar-refractivity contribution in [3.63, 3.8) is 0 Å². The molecule has 0 bridgehead atoms. The Labute approximate surface area is 142 Å². The molecule has 3 aromatic rings. The Bertz CT molecular complexity index is 771. The van der Waals surface area contributed by atoms with E-state index in [1.807, 2.05) is 78.9 Å². The second-order valence-electron chi connectivity index (χ2n) is 5.37. The molecule has 0 radical (unpaired) electrons. The van der Waals surface area contributed by atoms with E-state index in [0.717, 1.165) is 22.5 Å². The quantitative estimate of drug-likeness (QED) is 0.519. The van der Waals surface area contributed by atoms with Crippen molar-refractivity contribution < 1.29 is 4.74 Å². The lowest BCUT2D eigenvalue weighted by atomic mass is 9.99. The second kappa shape index (κ2) is 8.09. The monoisotopic (exact) mass is 316 g/mol. The summed E-state index contributed by atoms with van der Waals surface area (Å²) < 4.78 is 5.77. The van der Waals surface area contributed by atoms with Crippen molar-refractivity contribution in [3.05, 3.63) is 102 Å². The van der Waals surface area contributed by atoms with Crippen molar-refractivity contribution in [3.8, 4) is 0 Å². The van der Waals surface area contributed by atoms with E-state index >= 15 is 0 Å². The maximum atomic E-state index is 5.77. The van der Waals surface area contributed by atoms with Crippen molar-refractivity contribution in [2.75, 3.05) is 12.5 Å². The van der Waals surface area contributed by atoms with Gasteiger partial charge in [0.25, 0.3) is 0 Å². The maximum absolute atomic E-state index is 5.77. The number of hydrogen-bond donors (Lipinski definition) is 1. The topological polar surface area (TPSA) is 33.6 Å². The van der Waals surface area contributed by atoms with Gasteiger partial charge in [-0.1, -0.05) is 78.9 Å². The van der Waals surface area contributed by atoms with E-state index < -0.39 is 0 Å². The van der Waals surface area contributed by atoms with Gasteiger partial charge in [0, 0.05) is 12.7 Å². The van der Waals surface area contributed by atoms with Gasteiger partial charge in [-0.3, -0.25) is 5.43 Å². The fraction of sp³-hybridized carbons (Fsp3) is 0.0952. The smallest absolute Gasteiger partial charge is 0.126 e. The van der Waals surface area contributed by atoms with Crippen molar-refractivity contribution in [2.24, 2.45) is 5.10 Å². The van der Waals surface area contributed by atoms with Crippen LogP contribution >= 0.6 is 0 Å². The molecule has 0 aliphatic heterocycles. The minimum Gasteiger partial charge on any atom is -0.370 e. The molecular formula is C21H20N2O. The summed E-state index contributed by atoms with van der Waals surface area (Å²) in [7, 11) is 1.71. The van der Waals surface area contributed by atoms with Crippen LogP contribution in [0, 0.1) is 0 Å². The summed E-state index contributed by atoms with van der Waals surface area (Å²) in [6, 6.07) is 30.1. The number of anilines is 1. The Balaban J connectivity index is 1.98. The number of benzene rings is 3. The van der Waals surface area contributed by atoms with E-state index in [0.29, 0.717) is 0 Å². The average Bonchev–Trinajstić information content (AvgIpc) is 2.67. The first kappa shape index (κ1) is 16.0. The predicted octanol–water partition coefficient (Wildman–Crippen LogP) is 4.89. The summed E-state index contributed by atoms with van der Waals surface area (Å²) in [4.78, 5) is 0. The average molecular weight is 316 g/mol. The number of para-hydroxylation sites is 1. The zero-order chi connectivity index (χ0) is 16.6. The second-order valence-corrected chi connectivity index (χ2v) is 5.37. The molecule has 1 atom stereocenters. The molecule has 0 aliphatic rings. The summed E-state index contributed by atoms with van der Waals surface area (Å²) >= 11 is 0. The highest BCUT2D eigenvalue weighted by Gasteiger charge is 2.19. The van der Waals surface area contributed by atoms with Gasteiger partial charge >= 0.3 is 0 Å². The fourth-order valence-corrected chi connectivity index (χ4v) is 2.55. The Morgan fingerprint density at radius 2 is 1.33 bits per heavy atom. The molecule has 3 heteroatoms.